The molecule has 121 heavy (non-hydrogen) atoms. The number of anilines is 2. The number of amides is 6. The summed E-state index contributed by atoms with van der Waals surface area (Å²) in [6.07, 6.45) is -0.298. The Morgan fingerprint density at radius 1 is 0.355 bits per heavy atom. The standard InChI is InChI=1S/C33H41N3O5.C33H33NO4.C18H23NO2.C15H20N2O4/c1-6-27(32(40-21-24-15-9-7-10-16-24)41-22-25-17-11-8-12-18-25)35-29(37)23(2)34-30(38)31(39)36-28-20-14-13-19-26(28)33(3,4)5;1-2-31(32(36-21-24-13-5-3-6-14-24)37-22-25-15-7-4-8-16-25)34-33(35)38-23-30-28-19-11-9-17-26(28)27-18-10-12-20-29(27)30;1-2-17(19)18(20-13-15-9-5-3-6-10-15)21-14-16-11-7-4-8-12-16;1-9(14(20)21)16-12(18)13(19)17-11-8-6-5-7-10(11)15(2,3)4/h7-20,23,27,32H,6,21-22H2,1-5H3,(H,34,38)(H,35,37)(H,36,39);3-20,30-32H,2,21-23H2,1H3,(H,34,35);3-12,17-18H,2,13-14,19H2,1H3;5-9H,1-4H3,(H,16,18)(H,17,19)(H,20,21)/t23-,27-;31-;17-;9-/m0000/s1. The molecule has 1 aliphatic rings. The smallest absolute Gasteiger partial charge is 0.407 e. The number of nitrogens with two attached hydrogens (primary N) is 1. The van der Waals surface area contributed by atoms with Gasteiger partial charge >= 0.3 is 35.7 Å². The molecule has 6 amide bonds. The van der Waals surface area contributed by atoms with E-state index in [2.05, 4.69) is 56.2 Å². The van der Waals surface area contributed by atoms with Gasteiger partial charge in [0.15, 0.2) is 18.9 Å². The molecule has 638 valence electrons. The van der Waals surface area contributed by atoms with E-state index in [0.717, 1.165) is 50.9 Å². The predicted molar refractivity (Wildman–Crippen MR) is 472 cm³/mol. The molecular weight excluding hydrogens is 1530 g/mol. The first-order valence-electron chi connectivity index (χ1n) is 41.0. The van der Waals surface area contributed by atoms with Crippen LogP contribution in [0.5, 0.6) is 0 Å². The molecule has 0 saturated carbocycles. The van der Waals surface area contributed by atoms with Crippen LogP contribution in [0.2, 0.25) is 0 Å². The molecule has 0 saturated heterocycles. The molecule has 9 N–H and O–H groups in total. The number of carboxylic acids is 1. The van der Waals surface area contributed by atoms with Crippen molar-refractivity contribution in [1.29, 1.82) is 0 Å². The predicted octanol–water partition coefficient (Wildman–Crippen LogP) is 17.1. The summed E-state index contributed by atoms with van der Waals surface area (Å²) < 4.78 is 42.1. The van der Waals surface area contributed by atoms with E-state index in [0.29, 0.717) is 63.9 Å². The summed E-state index contributed by atoms with van der Waals surface area (Å²) in [5, 5.41) is 24.4. The van der Waals surface area contributed by atoms with Crippen molar-refractivity contribution < 1.29 is 71.8 Å². The van der Waals surface area contributed by atoms with Crippen molar-refractivity contribution in [3.05, 3.63) is 335 Å². The highest BCUT2D eigenvalue weighted by Crippen LogP contribution is 2.45. The van der Waals surface area contributed by atoms with Crippen molar-refractivity contribution in [1.82, 2.24) is 21.3 Å². The normalized spacial score (nSPS) is 12.8. The lowest BCUT2D eigenvalue weighted by atomic mass is 9.86. The van der Waals surface area contributed by atoms with Crippen LogP contribution in [-0.4, -0.2) is 102 Å². The third kappa shape index (κ3) is 31.3. The van der Waals surface area contributed by atoms with Crippen LogP contribution < -0.4 is 37.6 Å². The van der Waals surface area contributed by atoms with Gasteiger partial charge in [-0.3, -0.25) is 28.8 Å². The van der Waals surface area contributed by atoms with E-state index in [1.807, 2.05) is 293 Å². The molecule has 1 aliphatic carbocycles. The molecular formula is C99H117N7O15. The molecule has 0 fully saturated rings. The monoisotopic (exact) mass is 1640 g/mol. The Morgan fingerprint density at radius 3 is 0.959 bits per heavy atom. The maximum absolute atomic E-state index is 13.1. The minimum Gasteiger partial charge on any atom is -0.480 e. The number of hydrogen-bond donors (Lipinski definition) is 8. The zero-order valence-corrected chi connectivity index (χ0v) is 71.1. The van der Waals surface area contributed by atoms with Gasteiger partial charge in [-0.15, -0.1) is 0 Å². The van der Waals surface area contributed by atoms with Gasteiger partial charge in [0.05, 0.1) is 57.8 Å². The Morgan fingerprint density at radius 2 is 0.645 bits per heavy atom. The van der Waals surface area contributed by atoms with Crippen molar-refractivity contribution in [3.63, 3.8) is 0 Å². The number of carbonyl (C=O) groups is 7. The summed E-state index contributed by atoms with van der Waals surface area (Å²) in [6.45, 7) is 23.4. The van der Waals surface area contributed by atoms with Crippen molar-refractivity contribution in [2.75, 3.05) is 17.2 Å². The number of nitrogens with one attached hydrogen (secondary N) is 6. The van der Waals surface area contributed by atoms with Crippen LogP contribution in [0.15, 0.2) is 279 Å². The summed E-state index contributed by atoms with van der Waals surface area (Å²) >= 11 is 0. The topological polar surface area (TPSA) is 303 Å². The summed E-state index contributed by atoms with van der Waals surface area (Å²) in [6, 6.07) is 87.4. The molecule has 0 heterocycles. The molecule has 0 spiro atoms. The summed E-state index contributed by atoms with van der Waals surface area (Å²) in [5.74, 6) is -5.26. The lowest BCUT2D eigenvalue weighted by Crippen LogP contribution is -2.53. The molecule has 0 bridgehead atoms. The van der Waals surface area contributed by atoms with Crippen molar-refractivity contribution in [2.24, 2.45) is 5.73 Å². The molecule has 22 nitrogen and oxygen atoms in total. The largest absolute Gasteiger partial charge is 0.480 e. The van der Waals surface area contributed by atoms with Gasteiger partial charge in [-0.05, 0) is 123 Å². The molecule has 11 rings (SSSR count). The van der Waals surface area contributed by atoms with Gasteiger partial charge in [0.1, 0.15) is 18.7 Å². The number of hydrogen-bond acceptors (Lipinski definition) is 15. The maximum atomic E-state index is 13.1. The van der Waals surface area contributed by atoms with Crippen molar-refractivity contribution in [3.8, 4) is 11.1 Å². The highest BCUT2D eigenvalue weighted by Gasteiger charge is 2.33. The van der Waals surface area contributed by atoms with Crippen LogP contribution >= 0.6 is 0 Å². The van der Waals surface area contributed by atoms with Gasteiger partial charge in [-0.2, -0.15) is 0 Å². The number of ether oxygens (including phenoxy) is 7. The number of rotatable bonds is 34. The van der Waals surface area contributed by atoms with Gasteiger partial charge in [0.25, 0.3) is 0 Å². The van der Waals surface area contributed by atoms with E-state index in [9.17, 15) is 33.6 Å². The fraction of sp³-hybridized carbons (Fsp3) is 0.323. The zero-order valence-electron chi connectivity index (χ0n) is 71.1. The third-order valence-corrected chi connectivity index (χ3v) is 19.7. The molecule has 5 atom stereocenters. The van der Waals surface area contributed by atoms with Crippen LogP contribution in [0.3, 0.4) is 0 Å². The quantitative estimate of drug-likeness (QED) is 0.0137. The second-order valence-electron chi connectivity index (χ2n) is 31.2. The van der Waals surface area contributed by atoms with Crippen LogP contribution in [0.4, 0.5) is 16.2 Å². The first-order valence-corrected chi connectivity index (χ1v) is 41.0. The van der Waals surface area contributed by atoms with E-state index in [1.165, 1.54) is 36.1 Å². The SMILES string of the molecule is CC[C@H](N)C(OCc1ccccc1)OCc1ccccc1.CC[C@H](NC(=O)OCC1c2ccccc2-c2ccccc21)C(OCc1ccccc1)OCc1ccccc1.CC[C@H](NC(=O)[C@H](C)NC(=O)C(=O)Nc1ccccc1C(C)(C)C)C(OCc1ccccc1)OCc1ccccc1.C[C@H](NC(=O)C(=O)Nc1ccccc1C(C)(C)C)C(=O)O. The maximum Gasteiger partial charge on any atom is 0.407 e. The Hall–Kier alpha value is -12.0. The van der Waals surface area contributed by atoms with E-state index in [-0.39, 0.29) is 35.4 Å². The van der Waals surface area contributed by atoms with Crippen LogP contribution in [0.1, 0.15) is 157 Å². The molecule has 0 radical (unpaired) electrons. The number of alkyl carbamates (subject to hydrolysis) is 1. The van der Waals surface area contributed by atoms with Crippen LogP contribution in [0.25, 0.3) is 11.1 Å². The first kappa shape index (κ1) is 94.5. The number of fused-ring (bicyclic) bond motifs is 3. The molecule has 10 aromatic rings. The van der Waals surface area contributed by atoms with E-state index < -0.39 is 78.6 Å². The Kier molecular flexibility index (Phi) is 38.2. The summed E-state index contributed by atoms with van der Waals surface area (Å²) in [5.41, 5.74) is 19.6. The highest BCUT2D eigenvalue weighted by atomic mass is 16.7. The average molecular weight is 1650 g/mol. The second-order valence-corrected chi connectivity index (χ2v) is 31.2. The lowest BCUT2D eigenvalue weighted by Gasteiger charge is -2.29. The average Bonchev–Trinajstić information content (AvgIpc) is 1.61. The van der Waals surface area contributed by atoms with E-state index >= 15 is 0 Å². The zero-order chi connectivity index (χ0) is 87.1. The number of carbonyl (C=O) groups excluding carboxylic acids is 6. The van der Waals surface area contributed by atoms with Gasteiger partial charge in [-0.25, -0.2) is 4.79 Å². The van der Waals surface area contributed by atoms with Gasteiger partial charge < -0.3 is 75.9 Å². The van der Waals surface area contributed by atoms with Crippen LogP contribution in [0, 0.1) is 0 Å². The van der Waals surface area contributed by atoms with Crippen LogP contribution in [-0.2, 0) is 112 Å². The lowest BCUT2D eigenvalue weighted by molar-refractivity contribution is -0.176. The van der Waals surface area contributed by atoms with Gasteiger partial charge in [0, 0.05) is 17.3 Å². The second kappa shape index (κ2) is 48.9. The van der Waals surface area contributed by atoms with Crippen molar-refractivity contribution >= 4 is 53.0 Å². The first-order chi connectivity index (χ1) is 58.2. The molecule has 22 heteroatoms. The van der Waals surface area contributed by atoms with Crippen molar-refractivity contribution in [2.45, 2.75) is 201 Å². The van der Waals surface area contributed by atoms with Gasteiger partial charge in [-0.1, -0.05) is 329 Å². The fourth-order valence-electron chi connectivity index (χ4n) is 12.9. The molecule has 10 aromatic carbocycles. The number of para-hydroxylation sites is 2. The molecule has 0 aliphatic heterocycles. The summed E-state index contributed by atoms with van der Waals surface area (Å²) in [7, 11) is 0. The molecule has 0 aromatic heterocycles. The van der Waals surface area contributed by atoms with E-state index in [4.69, 9.17) is 44.0 Å². The minimum atomic E-state index is -1.20. The van der Waals surface area contributed by atoms with E-state index in [1.54, 1.807) is 24.3 Å². The number of carboxylic acid groups (broad SMARTS) is 1. The third-order valence-electron chi connectivity index (χ3n) is 19.7. The Bertz CT molecular complexity index is 4650. The Balaban J connectivity index is 0.000000210. The fourth-order valence-corrected chi connectivity index (χ4v) is 12.9. The highest BCUT2D eigenvalue weighted by molar-refractivity contribution is 6.40. The van der Waals surface area contributed by atoms with Gasteiger partial charge in [0.2, 0.25) is 5.91 Å². The number of benzene rings is 10. The molecule has 0 unspecified atom stereocenters. The number of aliphatic carboxylic acids is 1. The Labute approximate surface area is 712 Å². The minimum absolute atomic E-state index is 0.00712. The summed E-state index contributed by atoms with van der Waals surface area (Å²) in [4.78, 5) is 85.6.